The van der Waals surface area contributed by atoms with E-state index in [-0.39, 0.29) is 0 Å². The Morgan fingerprint density at radius 2 is 0.855 bits per heavy atom. The molecule has 1 aliphatic heterocycles. The number of anilines is 5. The predicted molar refractivity (Wildman–Crippen MR) is 323 cm³/mol. The first-order chi connectivity index (χ1) is 37.6. The van der Waals surface area contributed by atoms with E-state index < -0.39 is 5.41 Å². The third kappa shape index (κ3) is 7.41. The Hall–Kier alpha value is -9.76. The van der Waals surface area contributed by atoms with Crippen LogP contribution in [0.4, 0.5) is 28.4 Å². The van der Waals surface area contributed by atoms with Crippen LogP contribution in [0.2, 0.25) is 0 Å². The van der Waals surface area contributed by atoms with E-state index in [0.29, 0.717) is 6.54 Å². The second kappa shape index (κ2) is 18.6. The summed E-state index contributed by atoms with van der Waals surface area (Å²) >= 11 is 0. The Kier molecular flexibility index (Phi) is 11.0. The summed E-state index contributed by atoms with van der Waals surface area (Å²) in [5, 5.41) is 7.61. The quantitative estimate of drug-likeness (QED) is 0.140. The topological polar surface area (TPSA) is 6.48 Å². The highest BCUT2D eigenvalue weighted by atomic mass is 15.1. The molecule has 14 rings (SSSR count). The molecule has 0 saturated carbocycles. The Labute approximate surface area is 444 Å². The molecule has 1 heterocycles. The van der Waals surface area contributed by atoms with Gasteiger partial charge in [0.25, 0.3) is 0 Å². The van der Waals surface area contributed by atoms with Gasteiger partial charge in [-0.05, 0) is 154 Å². The van der Waals surface area contributed by atoms with Crippen molar-refractivity contribution >= 4 is 66.3 Å². The minimum absolute atomic E-state index is 0.525. The first-order valence-corrected chi connectivity index (χ1v) is 26.3. The van der Waals surface area contributed by atoms with E-state index in [0.717, 1.165) is 50.7 Å². The summed E-state index contributed by atoms with van der Waals surface area (Å²) in [6, 6.07) is 98.4. The molecule has 12 aromatic carbocycles. The molecule has 2 aliphatic rings. The molecule has 358 valence electrons. The summed E-state index contributed by atoms with van der Waals surface area (Å²) in [6.45, 7) is 5.36. The van der Waals surface area contributed by atoms with Crippen LogP contribution in [-0.4, -0.2) is 6.54 Å². The van der Waals surface area contributed by atoms with Crippen LogP contribution in [0.5, 0.6) is 0 Å². The highest BCUT2D eigenvalue weighted by Gasteiger charge is 2.46. The number of rotatable bonds is 8. The maximum atomic E-state index is 4.65. The van der Waals surface area contributed by atoms with Gasteiger partial charge in [-0.3, -0.25) is 0 Å². The van der Waals surface area contributed by atoms with Gasteiger partial charge in [-0.1, -0.05) is 237 Å². The third-order valence-electron chi connectivity index (χ3n) is 15.9. The monoisotopic (exact) mass is 968 g/mol. The molecule has 0 atom stereocenters. The molecule has 2 heteroatoms. The maximum Gasteiger partial charge on any atom is 0.0714 e. The molecule has 0 fully saturated rings. The van der Waals surface area contributed by atoms with Gasteiger partial charge in [0.15, 0.2) is 0 Å². The highest BCUT2D eigenvalue weighted by molar-refractivity contribution is 6.25. The van der Waals surface area contributed by atoms with E-state index >= 15 is 0 Å². The van der Waals surface area contributed by atoms with Crippen molar-refractivity contribution in [2.24, 2.45) is 0 Å². The summed E-state index contributed by atoms with van der Waals surface area (Å²) in [6.07, 6.45) is 8.61. The van der Waals surface area contributed by atoms with Crippen molar-refractivity contribution < 1.29 is 0 Å². The van der Waals surface area contributed by atoms with Gasteiger partial charge in [0.05, 0.1) is 5.41 Å². The standard InChI is InChI=1S/C74H52N2/c1-51-20-6-5-19-47-75(60-42-44-66-64-29-14-13-27-62(64)63-28-15-16-30-65(63)70(66)49-60)73-46-37-55(48-69(51)73)54-35-40-59(41-36-54)76(58-38-33-53(34-39-58)52-21-7-2-8-22-52)61-43-45-68-67-31-17-18-32-71(67)74(72(68)50-61,56-23-9-3-10-24-56)57-25-11-4-12-26-57/h2-46,48-50H,1,47H2/b19-5-,20-6-. The van der Waals surface area contributed by atoms with Crippen LogP contribution in [0.3, 0.4) is 0 Å². The van der Waals surface area contributed by atoms with Crippen LogP contribution in [-0.2, 0) is 5.41 Å². The molecule has 0 radical (unpaired) electrons. The molecule has 0 aromatic heterocycles. The number of hydrogen-bond acceptors (Lipinski definition) is 2. The van der Waals surface area contributed by atoms with Gasteiger partial charge in [-0.15, -0.1) is 0 Å². The first-order valence-electron chi connectivity index (χ1n) is 26.3. The Morgan fingerprint density at radius 3 is 1.50 bits per heavy atom. The number of fused-ring (bicyclic) bond motifs is 10. The van der Waals surface area contributed by atoms with Crippen molar-refractivity contribution in [3.8, 4) is 33.4 Å². The molecule has 0 bridgehead atoms. The van der Waals surface area contributed by atoms with Crippen LogP contribution in [0.1, 0.15) is 27.8 Å². The number of nitrogens with zero attached hydrogens (tertiary/aromatic N) is 2. The minimum atomic E-state index is -0.525. The second-order valence-corrected chi connectivity index (χ2v) is 20.0. The lowest BCUT2D eigenvalue weighted by molar-refractivity contribution is 0.768. The Morgan fingerprint density at radius 1 is 0.355 bits per heavy atom. The SMILES string of the molecule is C=C1/C=C\C=C/CN(c2ccc3c4ccccc4c4ccccc4c3c2)c2ccc(-c3ccc(N(c4ccc(-c5ccccc5)cc4)c4ccc5c(c4)C(c4ccccc4)(c4ccccc4)c4ccccc4-5)cc3)cc21. The lowest BCUT2D eigenvalue weighted by atomic mass is 9.67. The van der Waals surface area contributed by atoms with E-state index in [9.17, 15) is 0 Å². The van der Waals surface area contributed by atoms with Crippen LogP contribution in [0.25, 0.3) is 71.3 Å². The highest BCUT2D eigenvalue weighted by Crippen LogP contribution is 2.57. The van der Waals surface area contributed by atoms with Crippen molar-refractivity contribution in [1.82, 2.24) is 0 Å². The largest absolute Gasteiger partial charge is 0.337 e. The molecule has 0 saturated heterocycles. The summed E-state index contributed by atoms with van der Waals surface area (Å²) in [7, 11) is 0. The summed E-state index contributed by atoms with van der Waals surface area (Å²) < 4.78 is 0. The molecular formula is C74H52N2. The van der Waals surface area contributed by atoms with E-state index in [1.165, 1.54) is 76.8 Å². The zero-order chi connectivity index (χ0) is 50.6. The third-order valence-corrected chi connectivity index (χ3v) is 15.9. The Balaban J connectivity index is 0.882. The van der Waals surface area contributed by atoms with E-state index in [1.807, 2.05) is 0 Å². The van der Waals surface area contributed by atoms with Gasteiger partial charge in [0, 0.05) is 40.5 Å². The first kappa shape index (κ1) is 44.9. The molecule has 0 N–H and O–H groups in total. The molecule has 0 unspecified atom stereocenters. The molecule has 0 amide bonds. The predicted octanol–water partition coefficient (Wildman–Crippen LogP) is 19.6. The van der Waals surface area contributed by atoms with Crippen molar-refractivity contribution in [3.05, 3.63) is 326 Å². The van der Waals surface area contributed by atoms with Crippen LogP contribution >= 0.6 is 0 Å². The van der Waals surface area contributed by atoms with Crippen molar-refractivity contribution in [3.63, 3.8) is 0 Å². The molecular weight excluding hydrogens is 917 g/mol. The molecule has 2 nitrogen and oxygen atoms in total. The van der Waals surface area contributed by atoms with Crippen LogP contribution in [0.15, 0.2) is 298 Å². The average molecular weight is 969 g/mol. The van der Waals surface area contributed by atoms with Crippen molar-refractivity contribution in [2.45, 2.75) is 5.41 Å². The number of benzene rings is 12. The molecule has 76 heavy (non-hydrogen) atoms. The second-order valence-electron chi connectivity index (χ2n) is 20.0. The van der Waals surface area contributed by atoms with E-state index in [2.05, 4.69) is 308 Å². The molecule has 0 spiro atoms. The van der Waals surface area contributed by atoms with Gasteiger partial charge in [0.2, 0.25) is 0 Å². The maximum absolute atomic E-state index is 4.65. The molecule has 1 aliphatic carbocycles. The fraction of sp³-hybridized carbons (Fsp3) is 0.0270. The summed E-state index contributed by atoms with van der Waals surface area (Å²) in [5.41, 5.74) is 19.3. The van der Waals surface area contributed by atoms with Gasteiger partial charge in [0.1, 0.15) is 0 Å². The number of hydrogen-bond donors (Lipinski definition) is 0. The van der Waals surface area contributed by atoms with Gasteiger partial charge in [-0.25, -0.2) is 0 Å². The minimum Gasteiger partial charge on any atom is -0.337 e. The van der Waals surface area contributed by atoms with Gasteiger partial charge < -0.3 is 9.80 Å². The fourth-order valence-corrected chi connectivity index (χ4v) is 12.4. The smallest absolute Gasteiger partial charge is 0.0714 e. The number of allylic oxidation sites excluding steroid dienone is 4. The van der Waals surface area contributed by atoms with Crippen molar-refractivity contribution in [2.75, 3.05) is 16.3 Å². The Bertz CT molecular complexity index is 4170. The lowest BCUT2D eigenvalue weighted by Gasteiger charge is -2.35. The normalized spacial score (nSPS) is 14.3. The van der Waals surface area contributed by atoms with E-state index in [4.69, 9.17) is 0 Å². The zero-order valence-electron chi connectivity index (χ0n) is 42.0. The summed E-state index contributed by atoms with van der Waals surface area (Å²) in [4.78, 5) is 4.85. The van der Waals surface area contributed by atoms with Crippen molar-refractivity contribution in [1.29, 1.82) is 0 Å². The average Bonchev–Trinajstić information content (AvgIpc) is 3.99. The summed E-state index contributed by atoms with van der Waals surface area (Å²) in [5.74, 6) is 0. The zero-order valence-corrected chi connectivity index (χ0v) is 42.0. The van der Waals surface area contributed by atoms with Crippen LogP contribution in [0, 0.1) is 0 Å². The molecule has 12 aromatic rings. The van der Waals surface area contributed by atoms with Gasteiger partial charge >= 0.3 is 0 Å². The fourth-order valence-electron chi connectivity index (χ4n) is 12.4. The lowest BCUT2D eigenvalue weighted by Crippen LogP contribution is -2.28. The van der Waals surface area contributed by atoms with Gasteiger partial charge in [-0.2, -0.15) is 0 Å². The van der Waals surface area contributed by atoms with Crippen LogP contribution < -0.4 is 9.80 Å². The van der Waals surface area contributed by atoms with E-state index in [1.54, 1.807) is 0 Å².